The number of ether oxygens (including phenoxy) is 1. The fourth-order valence-corrected chi connectivity index (χ4v) is 2.46. The minimum atomic E-state index is -0.193. The number of methoxy groups -OCH3 is 1. The van der Waals surface area contributed by atoms with Crippen molar-refractivity contribution in [1.29, 1.82) is 0 Å². The van der Waals surface area contributed by atoms with E-state index < -0.39 is 0 Å². The number of carbonyl (C=O) groups excluding carboxylic acids is 1. The molecule has 1 aromatic rings. The number of aryl methyl sites for hydroxylation is 1. The molecule has 0 fully saturated rings. The number of rotatable bonds is 7. The zero-order chi connectivity index (χ0) is 14.3. The molecule has 19 heavy (non-hydrogen) atoms. The molecule has 0 unspecified atom stereocenters. The summed E-state index contributed by atoms with van der Waals surface area (Å²) in [5.74, 6) is 2.18. The summed E-state index contributed by atoms with van der Waals surface area (Å²) in [6, 6.07) is 0. The van der Waals surface area contributed by atoms with Crippen molar-refractivity contribution in [3.8, 4) is 0 Å². The van der Waals surface area contributed by atoms with Crippen LogP contribution in [-0.4, -0.2) is 35.3 Å². The lowest BCUT2D eigenvalue weighted by molar-refractivity contribution is -0.140. The van der Waals surface area contributed by atoms with Crippen molar-refractivity contribution in [3.63, 3.8) is 0 Å². The quantitative estimate of drug-likeness (QED) is 0.471. The molecule has 0 saturated heterocycles. The van der Waals surface area contributed by atoms with Crippen LogP contribution in [0.1, 0.15) is 31.7 Å². The molecule has 0 aliphatic rings. The van der Waals surface area contributed by atoms with Gasteiger partial charge in [0.1, 0.15) is 16.7 Å². The Hall–Kier alpha value is -1.30. The van der Waals surface area contributed by atoms with E-state index in [0.717, 1.165) is 35.2 Å². The van der Waals surface area contributed by atoms with Crippen molar-refractivity contribution >= 4 is 23.5 Å². The summed E-state index contributed by atoms with van der Waals surface area (Å²) in [4.78, 5) is 20.1. The fourth-order valence-electron chi connectivity index (χ4n) is 1.51. The average Bonchev–Trinajstić information content (AvgIpc) is 2.42. The van der Waals surface area contributed by atoms with Crippen LogP contribution in [0.15, 0.2) is 5.03 Å². The van der Waals surface area contributed by atoms with Gasteiger partial charge in [0, 0.05) is 24.3 Å². The lowest BCUT2D eigenvalue weighted by atomic mass is 10.3. The molecule has 0 atom stereocenters. The third-order valence-electron chi connectivity index (χ3n) is 2.58. The van der Waals surface area contributed by atoms with Gasteiger partial charge in [-0.1, -0.05) is 6.92 Å². The van der Waals surface area contributed by atoms with Gasteiger partial charge < -0.3 is 10.1 Å². The summed E-state index contributed by atoms with van der Waals surface area (Å²) in [6.07, 6.45) is 1.19. The summed E-state index contributed by atoms with van der Waals surface area (Å²) >= 11 is 1.57. The Kier molecular flexibility index (Phi) is 6.62. The predicted molar refractivity (Wildman–Crippen MR) is 77.7 cm³/mol. The van der Waals surface area contributed by atoms with E-state index in [0.29, 0.717) is 12.2 Å². The maximum Gasteiger partial charge on any atom is 0.306 e. The number of carbonyl (C=O) groups is 1. The van der Waals surface area contributed by atoms with Gasteiger partial charge >= 0.3 is 5.97 Å². The molecule has 1 aromatic heterocycles. The maximum atomic E-state index is 11.1. The Morgan fingerprint density at radius 3 is 2.68 bits per heavy atom. The first-order chi connectivity index (χ1) is 9.12. The van der Waals surface area contributed by atoms with E-state index >= 15 is 0 Å². The van der Waals surface area contributed by atoms with Gasteiger partial charge in [-0.2, -0.15) is 0 Å². The molecule has 106 valence electrons. The average molecular weight is 283 g/mol. The molecule has 0 spiro atoms. The summed E-state index contributed by atoms with van der Waals surface area (Å²) in [7, 11) is 1.40. The summed E-state index contributed by atoms with van der Waals surface area (Å²) in [5, 5.41) is 4.18. The number of nitrogens with zero attached hydrogens (tertiary/aromatic N) is 2. The number of anilines is 1. The lowest BCUT2D eigenvalue weighted by Crippen LogP contribution is -2.08. The van der Waals surface area contributed by atoms with Crippen LogP contribution in [0.3, 0.4) is 0 Å². The third-order valence-corrected chi connectivity index (χ3v) is 3.66. The molecule has 0 saturated carbocycles. The van der Waals surface area contributed by atoms with Crippen LogP contribution in [0.4, 0.5) is 5.82 Å². The lowest BCUT2D eigenvalue weighted by Gasteiger charge is -2.12. The zero-order valence-corrected chi connectivity index (χ0v) is 12.8. The number of hydrogen-bond acceptors (Lipinski definition) is 6. The highest BCUT2D eigenvalue weighted by atomic mass is 32.2. The van der Waals surface area contributed by atoms with Crippen molar-refractivity contribution in [3.05, 3.63) is 11.4 Å². The SMILES string of the molecule is CCNc1nc(CC)nc(SCCC(=O)OC)c1C. The monoisotopic (exact) mass is 283 g/mol. The first-order valence-electron chi connectivity index (χ1n) is 6.43. The number of thioether (sulfide) groups is 1. The van der Waals surface area contributed by atoms with Gasteiger partial charge in [-0.15, -0.1) is 11.8 Å². The topological polar surface area (TPSA) is 64.1 Å². The molecule has 5 nitrogen and oxygen atoms in total. The second-order valence-corrected chi connectivity index (χ2v) is 5.06. The Morgan fingerprint density at radius 2 is 2.11 bits per heavy atom. The molecule has 0 aromatic carbocycles. The second kappa shape index (κ2) is 7.99. The molecule has 1 N–H and O–H groups in total. The molecular weight excluding hydrogens is 262 g/mol. The van der Waals surface area contributed by atoms with Crippen molar-refractivity contribution in [2.24, 2.45) is 0 Å². The van der Waals surface area contributed by atoms with Crippen molar-refractivity contribution in [2.75, 3.05) is 24.7 Å². The Morgan fingerprint density at radius 1 is 1.37 bits per heavy atom. The van der Waals surface area contributed by atoms with E-state index in [1.165, 1.54) is 7.11 Å². The van der Waals surface area contributed by atoms with Crippen molar-refractivity contribution in [2.45, 2.75) is 38.6 Å². The zero-order valence-electron chi connectivity index (χ0n) is 11.9. The van der Waals surface area contributed by atoms with Crippen LogP contribution in [0.5, 0.6) is 0 Å². The van der Waals surface area contributed by atoms with Crippen LogP contribution in [0.2, 0.25) is 0 Å². The molecule has 0 radical (unpaired) electrons. The first-order valence-corrected chi connectivity index (χ1v) is 7.41. The normalized spacial score (nSPS) is 10.3. The molecular formula is C13H21N3O2S. The highest BCUT2D eigenvalue weighted by molar-refractivity contribution is 7.99. The molecule has 0 aliphatic carbocycles. The van der Waals surface area contributed by atoms with E-state index in [4.69, 9.17) is 0 Å². The minimum absolute atomic E-state index is 0.193. The van der Waals surface area contributed by atoms with Crippen LogP contribution in [0.25, 0.3) is 0 Å². The number of hydrogen-bond donors (Lipinski definition) is 1. The third kappa shape index (κ3) is 4.70. The second-order valence-electron chi connectivity index (χ2n) is 3.98. The van der Waals surface area contributed by atoms with Gasteiger partial charge in [0.25, 0.3) is 0 Å². The summed E-state index contributed by atoms with van der Waals surface area (Å²) < 4.78 is 4.63. The first kappa shape index (κ1) is 15.8. The van der Waals surface area contributed by atoms with Gasteiger partial charge in [0.2, 0.25) is 0 Å². The standard InChI is InChI=1S/C13H21N3O2S/c1-5-10-15-12(14-6-2)9(3)13(16-10)19-8-7-11(17)18-4/h5-8H2,1-4H3,(H,14,15,16). The van der Waals surface area contributed by atoms with Gasteiger partial charge in [0.05, 0.1) is 13.5 Å². The van der Waals surface area contributed by atoms with Gasteiger partial charge in [-0.25, -0.2) is 9.97 Å². The van der Waals surface area contributed by atoms with Gasteiger partial charge in [0.15, 0.2) is 0 Å². The predicted octanol–water partition coefficient (Wildman–Crippen LogP) is 2.43. The molecule has 6 heteroatoms. The van der Waals surface area contributed by atoms with Gasteiger partial charge in [-0.3, -0.25) is 4.79 Å². The van der Waals surface area contributed by atoms with Crippen molar-refractivity contribution in [1.82, 2.24) is 9.97 Å². The minimum Gasteiger partial charge on any atom is -0.469 e. The smallest absolute Gasteiger partial charge is 0.306 e. The van der Waals surface area contributed by atoms with E-state index in [1.54, 1.807) is 11.8 Å². The molecule has 0 amide bonds. The molecule has 1 rings (SSSR count). The highest BCUT2D eigenvalue weighted by Gasteiger charge is 2.11. The van der Waals surface area contributed by atoms with E-state index in [1.807, 2.05) is 20.8 Å². The number of esters is 1. The summed E-state index contributed by atoms with van der Waals surface area (Å²) in [6.45, 7) is 6.89. The Balaban J connectivity index is 2.80. The van der Waals surface area contributed by atoms with Gasteiger partial charge in [-0.05, 0) is 13.8 Å². The summed E-state index contributed by atoms with van der Waals surface area (Å²) in [5.41, 5.74) is 1.04. The van der Waals surface area contributed by atoms with Crippen LogP contribution in [0, 0.1) is 6.92 Å². The Labute approximate surface area is 118 Å². The Bertz CT molecular complexity index is 438. The van der Waals surface area contributed by atoms with E-state index in [2.05, 4.69) is 20.0 Å². The fraction of sp³-hybridized carbons (Fsp3) is 0.615. The van der Waals surface area contributed by atoms with E-state index in [9.17, 15) is 4.79 Å². The number of aromatic nitrogens is 2. The molecule has 0 aliphatic heterocycles. The van der Waals surface area contributed by atoms with Crippen molar-refractivity contribution < 1.29 is 9.53 Å². The van der Waals surface area contributed by atoms with Crippen LogP contribution >= 0.6 is 11.8 Å². The molecule has 0 bridgehead atoms. The largest absolute Gasteiger partial charge is 0.469 e. The van der Waals surface area contributed by atoms with E-state index in [-0.39, 0.29) is 5.97 Å². The highest BCUT2D eigenvalue weighted by Crippen LogP contribution is 2.25. The maximum absolute atomic E-state index is 11.1. The van der Waals surface area contributed by atoms with Crippen LogP contribution < -0.4 is 5.32 Å². The molecule has 1 heterocycles. The number of nitrogens with one attached hydrogen (secondary N) is 1. The van der Waals surface area contributed by atoms with Crippen LogP contribution in [-0.2, 0) is 16.0 Å².